The summed E-state index contributed by atoms with van der Waals surface area (Å²) in [4.78, 5) is 30.6. The second-order valence-corrected chi connectivity index (χ2v) is 7.72. The van der Waals surface area contributed by atoms with Crippen LogP contribution in [-0.4, -0.2) is 41.5 Å². The molecule has 0 radical (unpaired) electrons. The average Bonchev–Trinajstić information content (AvgIpc) is 2.70. The van der Waals surface area contributed by atoms with E-state index in [-0.39, 0.29) is 33.7 Å². The first-order valence-corrected chi connectivity index (χ1v) is 9.91. The largest absolute Gasteiger partial charge is 0.338 e. The van der Waals surface area contributed by atoms with Crippen molar-refractivity contribution in [3.8, 4) is 0 Å². The van der Waals surface area contributed by atoms with Gasteiger partial charge in [0.25, 0.3) is 5.91 Å². The molecule has 3 amide bonds. The molecule has 3 rings (SSSR count). The second kappa shape index (κ2) is 9.26. The summed E-state index contributed by atoms with van der Waals surface area (Å²) < 4.78 is 0. The summed E-state index contributed by atoms with van der Waals surface area (Å²) >= 11 is 12.0. The van der Waals surface area contributed by atoms with Gasteiger partial charge in [0.2, 0.25) is 0 Å². The number of halogens is 2. The Balaban J connectivity index is 1.53. The molecule has 2 aromatic rings. The number of carbonyl (C=O) groups excluding carboxylic acids is 2. The van der Waals surface area contributed by atoms with Gasteiger partial charge in [0, 0.05) is 25.3 Å². The van der Waals surface area contributed by atoms with Crippen molar-refractivity contribution in [3.05, 3.63) is 57.8 Å². The topological polar surface area (TPSA) is 74.3 Å². The number of hydrogen-bond donors (Lipinski definition) is 2. The number of carbonyl (C=O) groups is 2. The van der Waals surface area contributed by atoms with E-state index in [1.54, 1.807) is 17.0 Å². The van der Waals surface area contributed by atoms with Crippen LogP contribution < -0.4 is 10.6 Å². The number of nitrogens with zero attached hydrogens (tertiary/aromatic N) is 2. The lowest BCUT2D eigenvalue weighted by molar-refractivity contribution is 0.0669. The van der Waals surface area contributed by atoms with Crippen molar-refractivity contribution < 1.29 is 9.59 Å². The van der Waals surface area contributed by atoms with E-state index < -0.39 is 0 Å². The summed E-state index contributed by atoms with van der Waals surface area (Å²) in [6, 6.07) is 10.5. The van der Waals surface area contributed by atoms with Gasteiger partial charge < -0.3 is 15.5 Å². The molecule has 6 nitrogen and oxygen atoms in total. The van der Waals surface area contributed by atoms with E-state index in [0.29, 0.717) is 19.6 Å². The van der Waals surface area contributed by atoms with Gasteiger partial charge in [0.05, 0.1) is 5.02 Å². The highest BCUT2D eigenvalue weighted by molar-refractivity contribution is 6.34. The van der Waals surface area contributed by atoms with Gasteiger partial charge in [-0.25, -0.2) is 9.78 Å². The number of piperidine rings is 1. The fraction of sp³-hybridized carbons (Fsp3) is 0.350. The van der Waals surface area contributed by atoms with E-state index in [4.69, 9.17) is 23.2 Å². The van der Waals surface area contributed by atoms with Crippen LogP contribution in [0.25, 0.3) is 0 Å². The van der Waals surface area contributed by atoms with Gasteiger partial charge in [0.1, 0.15) is 10.8 Å². The van der Waals surface area contributed by atoms with Gasteiger partial charge in [-0.15, -0.1) is 0 Å². The minimum atomic E-state index is -0.258. The fourth-order valence-electron chi connectivity index (χ4n) is 3.18. The van der Waals surface area contributed by atoms with Gasteiger partial charge in [-0.05, 0) is 49.9 Å². The van der Waals surface area contributed by atoms with Crippen LogP contribution in [0.4, 0.5) is 10.5 Å². The SMILES string of the molecule is Cc1ccc(NC(=O)NCC2CCCN(C(=O)c3nc(Cl)ccc3Cl)C2)cc1. The molecule has 0 aliphatic carbocycles. The number of pyridine rings is 1. The Morgan fingerprint density at radius 1 is 1.18 bits per heavy atom. The number of anilines is 1. The quantitative estimate of drug-likeness (QED) is 0.720. The highest BCUT2D eigenvalue weighted by atomic mass is 35.5. The molecule has 0 bridgehead atoms. The molecule has 1 aromatic heterocycles. The summed E-state index contributed by atoms with van der Waals surface area (Å²) in [6.07, 6.45) is 1.79. The third-order valence-corrected chi connectivity index (χ3v) is 5.20. The normalized spacial score (nSPS) is 16.5. The first-order valence-electron chi connectivity index (χ1n) is 9.15. The number of hydrogen-bond acceptors (Lipinski definition) is 3. The molecule has 1 fully saturated rings. The zero-order chi connectivity index (χ0) is 20.1. The van der Waals surface area contributed by atoms with Crippen LogP contribution in [0.15, 0.2) is 36.4 Å². The smallest absolute Gasteiger partial charge is 0.319 e. The van der Waals surface area contributed by atoms with Gasteiger partial charge in [-0.2, -0.15) is 0 Å². The monoisotopic (exact) mass is 420 g/mol. The molecule has 2 heterocycles. The van der Waals surface area contributed by atoms with Crippen LogP contribution in [0.5, 0.6) is 0 Å². The Kier molecular flexibility index (Phi) is 6.75. The van der Waals surface area contributed by atoms with E-state index in [2.05, 4.69) is 15.6 Å². The zero-order valence-electron chi connectivity index (χ0n) is 15.5. The van der Waals surface area contributed by atoms with Crippen molar-refractivity contribution in [3.63, 3.8) is 0 Å². The Morgan fingerprint density at radius 2 is 1.93 bits per heavy atom. The number of rotatable bonds is 4. The minimum absolute atomic E-state index is 0.166. The van der Waals surface area contributed by atoms with Gasteiger partial charge in [-0.1, -0.05) is 40.9 Å². The third kappa shape index (κ3) is 5.36. The van der Waals surface area contributed by atoms with Gasteiger partial charge >= 0.3 is 6.03 Å². The van der Waals surface area contributed by atoms with Crippen LogP contribution in [0.1, 0.15) is 28.9 Å². The van der Waals surface area contributed by atoms with Crippen molar-refractivity contribution in [2.75, 3.05) is 25.0 Å². The van der Waals surface area contributed by atoms with Crippen molar-refractivity contribution in [2.24, 2.45) is 5.92 Å². The van der Waals surface area contributed by atoms with Gasteiger partial charge in [-0.3, -0.25) is 4.79 Å². The molecular weight excluding hydrogens is 399 g/mol. The number of likely N-dealkylation sites (tertiary alicyclic amines) is 1. The van der Waals surface area contributed by atoms with E-state index in [9.17, 15) is 9.59 Å². The molecule has 1 aromatic carbocycles. The Bertz CT molecular complexity index is 858. The standard InChI is InChI=1S/C20H22Cl2N4O2/c1-13-4-6-15(7-5-13)24-20(28)23-11-14-3-2-10-26(12-14)19(27)18-16(21)8-9-17(22)25-18/h4-9,14H,2-3,10-12H2,1H3,(H2,23,24,28). The van der Waals surface area contributed by atoms with Crippen molar-refractivity contribution in [1.82, 2.24) is 15.2 Å². The maximum Gasteiger partial charge on any atom is 0.319 e. The maximum absolute atomic E-state index is 12.7. The lowest BCUT2D eigenvalue weighted by Gasteiger charge is -2.32. The second-order valence-electron chi connectivity index (χ2n) is 6.92. The Labute approximate surface area is 174 Å². The molecule has 1 atom stereocenters. The van der Waals surface area contributed by atoms with Crippen molar-refractivity contribution in [2.45, 2.75) is 19.8 Å². The number of urea groups is 1. The number of nitrogens with one attached hydrogen (secondary N) is 2. The molecule has 2 N–H and O–H groups in total. The highest BCUT2D eigenvalue weighted by Gasteiger charge is 2.27. The van der Waals surface area contributed by atoms with E-state index in [0.717, 1.165) is 24.1 Å². The van der Waals surface area contributed by atoms with Crippen LogP contribution in [0.2, 0.25) is 10.2 Å². The summed E-state index contributed by atoms with van der Waals surface area (Å²) in [5, 5.41) is 6.21. The van der Waals surface area contributed by atoms with Gasteiger partial charge in [0.15, 0.2) is 0 Å². The van der Waals surface area contributed by atoms with Crippen molar-refractivity contribution >= 4 is 40.8 Å². The predicted molar refractivity (Wildman–Crippen MR) is 111 cm³/mol. The molecule has 1 unspecified atom stereocenters. The molecule has 28 heavy (non-hydrogen) atoms. The summed E-state index contributed by atoms with van der Waals surface area (Å²) in [6.45, 7) is 3.65. The zero-order valence-corrected chi connectivity index (χ0v) is 17.1. The molecule has 1 saturated heterocycles. The van der Waals surface area contributed by atoms with Crippen molar-refractivity contribution in [1.29, 1.82) is 0 Å². The first kappa shape index (κ1) is 20.4. The van der Waals surface area contributed by atoms with Crippen LogP contribution in [-0.2, 0) is 0 Å². The van der Waals surface area contributed by atoms with E-state index >= 15 is 0 Å². The van der Waals surface area contributed by atoms with Crippen LogP contribution in [0, 0.1) is 12.8 Å². The number of aryl methyl sites for hydroxylation is 1. The molecule has 0 saturated carbocycles. The summed E-state index contributed by atoms with van der Waals surface area (Å²) in [5.74, 6) is -0.0688. The lowest BCUT2D eigenvalue weighted by Crippen LogP contribution is -2.44. The third-order valence-electron chi connectivity index (χ3n) is 4.68. The lowest BCUT2D eigenvalue weighted by atomic mass is 9.97. The Morgan fingerprint density at radius 3 is 2.68 bits per heavy atom. The highest BCUT2D eigenvalue weighted by Crippen LogP contribution is 2.22. The maximum atomic E-state index is 12.7. The minimum Gasteiger partial charge on any atom is -0.338 e. The first-order chi connectivity index (χ1) is 13.4. The number of amides is 3. The fourth-order valence-corrected chi connectivity index (χ4v) is 3.52. The molecule has 1 aliphatic heterocycles. The molecule has 148 valence electrons. The Hall–Kier alpha value is -2.31. The summed E-state index contributed by atoms with van der Waals surface area (Å²) in [7, 11) is 0. The van der Waals surface area contributed by atoms with Crippen LogP contribution >= 0.6 is 23.2 Å². The average molecular weight is 421 g/mol. The van der Waals surface area contributed by atoms with E-state index in [1.165, 1.54) is 0 Å². The molecule has 1 aliphatic rings. The predicted octanol–water partition coefficient (Wildman–Crippen LogP) is 4.37. The van der Waals surface area contributed by atoms with Crippen LogP contribution in [0.3, 0.4) is 0 Å². The molecular formula is C20H22Cl2N4O2. The molecule has 0 spiro atoms. The molecule has 8 heteroatoms. The van der Waals surface area contributed by atoms with E-state index in [1.807, 2.05) is 31.2 Å². The summed E-state index contributed by atoms with van der Waals surface area (Å²) in [5.41, 5.74) is 2.04. The number of aromatic nitrogens is 1. The number of benzene rings is 1.